The molecule has 2 aromatic carbocycles. The van der Waals surface area contributed by atoms with Gasteiger partial charge in [-0.05, 0) is 48.7 Å². The molecule has 0 heterocycles. The third-order valence-electron chi connectivity index (χ3n) is 3.50. The standard InChI is InChI=1S/C16H19ClN2O/c1-10-5-4-6-11(2)15(10)16(19-18)13-9-12(17)7-8-14(13)20-3/h4-9,16,19H,18H2,1-3H3. The van der Waals surface area contributed by atoms with Gasteiger partial charge in [0.15, 0.2) is 0 Å². The molecule has 1 atom stereocenters. The number of methoxy groups -OCH3 is 1. The quantitative estimate of drug-likeness (QED) is 0.669. The highest BCUT2D eigenvalue weighted by atomic mass is 35.5. The van der Waals surface area contributed by atoms with Crippen molar-refractivity contribution in [2.75, 3.05) is 7.11 Å². The van der Waals surface area contributed by atoms with E-state index in [1.165, 1.54) is 11.1 Å². The zero-order chi connectivity index (χ0) is 14.7. The van der Waals surface area contributed by atoms with Crippen LogP contribution >= 0.6 is 11.6 Å². The molecule has 0 aliphatic carbocycles. The van der Waals surface area contributed by atoms with Gasteiger partial charge in [-0.15, -0.1) is 0 Å². The van der Waals surface area contributed by atoms with Crippen molar-refractivity contribution in [1.82, 2.24) is 5.43 Å². The summed E-state index contributed by atoms with van der Waals surface area (Å²) in [7, 11) is 1.64. The van der Waals surface area contributed by atoms with Gasteiger partial charge in [0.05, 0.1) is 13.2 Å². The average molecular weight is 291 g/mol. The maximum absolute atomic E-state index is 6.12. The zero-order valence-corrected chi connectivity index (χ0v) is 12.7. The molecule has 0 bridgehead atoms. The summed E-state index contributed by atoms with van der Waals surface area (Å²) in [6.07, 6.45) is 0. The summed E-state index contributed by atoms with van der Waals surface area (Å²) >= 11 is 6.12. The van der Waals surface area contributed by atoms with Crippen LogP contribution in [0.2, 0.25) is 5.02 Å². The molecule has 0 saturated heterocycles. The second-order valence-corrected chi connectivity index (χ2v) is 5.23. The summed E-state index contributed by atoms with van der Waals surface area (Å²) in [5.41, 5.74) is 7.31. The van der Waals surface area contributed by atoms with Crippen LogP contribution < -0.4 is 16.0 Å². The van der Waals surface area contributed by atoms with Gasteiger partial charge in [0.1, 0.15) is 5.75 Å². The zero-order valence-electron chi connectivity index (χ0n) is 11.9. The Morgan fingerprint density at radius 2 is 1.80 bits per heavy atom. The first-order valence-electron chi connectivity index (χ1n) is 6.44. The van der Waals surface area contributed by atoms with E-state index in [4.69, 9.17) is 22.2 Å². The SMILES string of the molecule is COc1ccc(Cl)cc1C(NN)c1c(C)cccc1C. The lowest BCUT2D eigenvalue weighted by atomic mass is 9.91. The van der Waals surface area contributed by atoms with Crippen LogP contribution in [0.3, 0.4) is 0 Å². The molecule has 1 unspecified atom stereocenters. The molecule has 0 spiro atoms. The molecule has 2 aromatic rings. The summed E-state index contributed by atoms with van der Waals surface area (Å²) in [4.78, 5) is 0. The fraction of sp³-hybridized carbons (Fsp3) is 0.250. The largest absolute Gasteiger partial charge is 0.496 e. The predicted octanol–water partition coefficient (Wildman–Crippen LogP) is 3.52. The van der Waals surface area contributed by atoms with Crippen LogP contribution in [0.4, 0.5) is 0 Å². The molecule has 0 aliphatic heterocycles. The van der Waals surface area contributed by atoms with E-state index in [9.17, 15) is 0 Å². The maximum Gasteiger partial charge on any atom is 0.124 e. The van der Waals surface area contributed by atoms with Crippen LogP contribution in [-0.4, -0.2) is 7.11 Å². The fourth-order valence-electron chi connectivity index (χ4n) is 2.54. The first-order valence-corrected chi connectivity index (χ1v) is 6.82. The lowest BCUT2D eigenvalue weighted by molar-refractivity contribution is 0.404. The number of rotatable bonds is 4. The highest BCUT2D eigenvalue weighted by Gasteiger charge is 2.20. The van der Waals surface area contributed by atoms with E-state index in [0.29, 0.717) is 5.02 Å². The molecule has 0 radical (unpaired) electrons. The van der Waals surface area contributed by atoms with Crippen LogP contribution in [0.25, 0.3) is 0 Å². The lowest BCUT2D eigenvalue weighted by Gasteiger charge is -2.23. The van der Waals surface area contributed by atoms with Crippen LogP contribution in [0.1, 0.15) is 28.3 Å². The van der Waals surface area contributed by atoms with Crippen molar-refractivity contribution in [3.8, 4) is 5.75 Å². The predicted molar refractivity (Wildman–Crippen MR) is 83.1 cm³/mol. The number of benzene rings is 2. The summed E-state index contributed by atoms with van der Waals surface area (Å²) in [5, 5.41) is 0.660. The van der Waals surface area contributed by atoms with E-state index in [1.54, 1.807) is 7.11 Å². The van der Waals surface area contributed by atoms with Gasteiger partial charge in [-0.3, -0.25) is 5.84 Å². The molecular weight excluding hydrogens is 272 g/mol. The summed E-state index contributed by atoms with van der Waals surface area (Å²) in [6, 6.07) is 11.6. The van der Waals surface area contributed by atoms with Crippen molar-refractivity contribution in [2.24, 2.45) is 5.84 Å². The molecule has 106 valence electrons. The van der Waals surface area contributed by atoms with E-state index in [1.807, 2.05) is 24.3 Å². The first kappa shape index (κ1) is 14.9. The lowest BCUT2D eigenvalue weighted by Crippen LogP contribution is -2.30. The fourth-order valence-corrected chi connectivity index (χ4v) is 2.72. The van der Waals surface area contributed by atoms with E-state index in [-0.39, 0.29) is 6.04 Å². The minimum absolute atomic E-state index is 0.162. The Labute approximate surface area is 124 Å². The third-order valence-corrected chi connectivity index (χ3v) is 3.74. The van der Waals surface area contributed by atoms with E-state index in [2.05, 4.69) is 31.4 Å². The van der Waals surface area contributed by atoms with Crippen LogP contribution in [0.15, 0.2) is 36.4 Å². The van der Waals surface area contributed by atoms with Crippen LogP contribution in [0.5, 0.6) is 5.75 Å². The van der Waals surface area contributed by atoms with E-state index >= 15 is 0 Å². The Balaban J connectivity index is 2.61. The Hall–Kier alpha value is -1.55. The van der Waals surface area contributed by atoms with Gasteiger partial charge in [0, 0.05) is 10.6 Å². The van der Waals surface area contributed by atoms with Crippen molar-refractivity contribution in [3.63, 3.8) is 0 Å². The van der Waals surface area contributed by atoms with Crippen molar-refractivity contribution in [1.29, 1.82) is 0 Å². The number of nitrogens with one attached hydrogen (secondary N) is 1. The number of hydrogen-bond acceptors (Lipinski definition) is 3. The van der Waals surface area contributed by atoms with Crippen molar-refractivity contribution >= 4 is 11.6 Å². The Morgan fingerprint density at radius 3 is 2.35 bits per heavy atom. The molecule has 0 fully saturated rings. The highest BCUT2D eigenvalue weighted by Crippen LogP contribution is 2.34. The maximum atomic E-state index is 6.12. The van der Waals surface area contributed by atoms with Gasteiger partial charge in [0.2, 0.25) is 0 Å². The number of hydrazine groups is 1. The monoisotopic (exact) mass is 290 g/mol. The molecule has 3 N–H and O–H groups in total. The molecule has 0 aromatic heterocycles. The summed E-state index contributed by atoms with van der Waals surface area (Å²) < 4.78 is 5.43. The molecule has 0 saturated carbocycles. The number of halogens is 1. The van der Waals surface area contributed by atoms with Gasteiger partial charge in [-0.2, -0.15) is 0 Å². The highest BCUT2D eigenvalue weighted by molar-refractivity contribution is 6.30. The average Bonchev–Trinajstić information content (AvgIpc) is 2.43. The minimum atomic E-state index is -0.162. The molecule has 20 heavy (non-hydrogen) atoms. The molecule has 0 aliphatic rings. The Morgan fingerprint density at radius 1 is 1.15 bits per heavy atom. The number of ether oxygens (including phenoxy) is 1. The minimum Gasteiger partial charge on any atom is -0.496 e. The summed E-state index contributed by atoms with van der Waals surface area (Å²) in [6.45, 7) is 4.15. The van der Waals surface area contributed by atoms with E-state index < -0.39 is 0 Å². The van der Waals surface area contributed by atoms with Crippen molar-refractivity contribution in [3.05, 3.63) is 63.7 Å². The molecule has 4 heteroatoms. The Bertz CT molecular complexity index is 593. The van der Waals surface area contributed by atoms with Crippen LogP contribution in [-0.2, 0) is 0 Å². The summed E-state index contributed by atoms with van der Waals surface area (Å²) in [5.74, 6) is 6.56. The van der Waals surface area contributed by atoms with E-state index in [0.717, 1.165) is 16.9 Å². The molecule has 2 rings (SSSR count). The molecular formula is C16H19ClN2O. The smallest absolute Gasteiger partial charge is 0.124 e. The van der Waals surface area contributed by atoms with Gasteiger partial charge >= 0.3 is 0 Å². The number of nitrogens with two attached hydrogens (primary N) is 1. The van der Waals surface area contributed by atoms with Crippen molar-refractivity contribution in [2.45, 2.75) is 19.9 Å². The molecule has 0 amide bonds. The number of hydrogen-bond donors (Lipinski definition) is 2. The first-order chi connectivity index (χ1) is 9.58. The van der Waals surface area contributed by atoms with Gasteiger partial charge in [0.25, 0.3) is 0 Å². The van der Waals surface area contributed by atoms with Gasteiger partial charge in [-0.25, -0.2) is 5.43 Å². The van der Waals surface area contributed by atoms with Crippen LogP contribution in [0, 0.1) is 13.8 Å². The third kappa shape index (κ3) is 2.80. The topological polar surface area (TPSA) is 47.3 Å². The van der Waals surface area contributed by atoms with Gasteiger partial charge < -0.3 is 4.74 Å². The normalized spacial score (nSPS) is 12.2. The second-order valence-electron chi connectivity index (χ2n) is 4.79. The second kappa shape index (κ2) is 6.27. The van der Waals surface area contributed by atoms with Crippen molar-refractivity contribution < 1.29 is 4.74 Å². The van der Waals surface area contributed by atoms with Gasteiger partial charge in [-0.1, -0.05) is 29.8 Å². The molecule has 3 nitrogen and oxygen atoms in total. The Kier molecular flexibility index (Phi) is 4.65. The number of aryl methyl sites for hydroxylation is 2.